The zero-order chi connectivity index (χ0) is 13.9. The quantitative estimate of drug-likeness (QED) is 0.746. The highest BCUT2D eigenvalue weighted by molar-refractivity contribution is 9.10. The van der Waals surface area contributed by atoms with Gasteiger partial charge in [0.25, 0.3) is 0 Å². The second-order valence-electron chi connectivity index (χ2n) is 4.99. The van der Waals surface area contributed by atoms with Crippen LogP contribution in [0.15, 0.2) is 22.7 Å². The number of anilines is 1. The van der Waals surface area contributed by atoms with Crippen molar-refractivity contribution in [3.63, 3.8) is 0 Å². The van der Waals surface area contributed by atoms with E-state index in [1.807, 2.05) is 19.1 Å². The summed E-state index contributed by atoms with van der Waals surface area (Å²) in [6.45, 7) is 2.73. The minimum atomic E-state index is -3.27. The van der Waals surface area contributed by atoms with Gasteiger partial charge in [0.05, 0.1) is 11.4 Å². The minimum Gasteiger partial charge on any atom is -0.314 e. The van der Waals surface area contributed by atoms with Crippen LogP contribution in [0, 0.1) is 6.92 Å². The lowest BCUT2D eigenvalue weighted by atomic mass is 10.2. The first-order valence-corrected chi connectivity index (χ1v) is 8.91. The van der Waals surface area contributed by atoms with Crippen LogP contribution in [0.25, 0.3) is 0 Å². The predicted molar refractivity (Wildman–Crippen MR) is 81.9 cm³/mol. The molecule has 4 nitrogen and oxygen atoms in total. The molecule has 0 saturated heterocycles. The Hall–Kier alpha value is -0.590. The Labute approximate surface area is 123 Å². The summed E-state index contributed by atoms with van der Waals surface area (Å²) in [5.41, 5.74) is 1.68. The molecule has 6 heteroatoms. The van der Waals surface area contributed by atoms with Crippen molar-refractivity contribution in [1.82, 2.24) is 5.32 Å². The lowest BCUT2D eigenvalue weighted by Crippen LogP contribution is -2.23. The van der Waals surface area contributed by atoms with Crippen LogP contribution in [0.5, 0.6) is 0 Å². The van der Waals surface area contributed by atoms with Crippen molar-refractivity contribution in [1.29, 1.82) is 0 Å². The number of nitrogens with one attached hydrogen (secondary N) is 2. The smallest absolute Gasteiger partial charge is 0.232 e. The fourth-order valence-electron chi connectivity index (χ4n) is 1.78. The molecular weight excluding hydrogens is 328 g/mol. The molecule has 0 radical (unpaired) electrons. The van der Waals surface area contributed by atoms with E-state index in [9.17, 15) is 8.42 Å². The van der Waals surface area contributed by atoms with Crippen molar-refractivity contribution in [2.24, 2.45) is 0 Å². The van der Waals surface area contributed by atoms with Crippen LogP contribution in [0.4, 0.5) is 5.69 Å². The lowest BCUT2D eigenvalue weighted by molar-refractivity contribution is 0.593. The standard InChI is InChI=1S/C13H19BrN2O2S/c1-10-3-6-13(12(14)9-10)16-19(17,18)8-2-7-15-11-4-5-11/h3,6,9,11,15-16H,2,4-5,7-8H2,1H3. The fraction of sp³-hybridized carbons (Fsp3) is 0.538. The van der Waals surface area contributed by atoms with E-state index in [1.54, 1.807) is 6.07 Å². The molecule has 0 unspecified atom stereocenters. The molecule has 2 N–H and O–H groups in total. The first-order chi connectivity index (χ1) is 8.96. The maximum Gasteiger partial charge on any atom is 0.232 e. The first kappa shape index (κ1) is 14.8. The number of halogens is 1. The van der Waals surface area contributed by atoms with Gasteiger partial charge in [-0.3, -0.25) is 4.72 Å². The average Bonchev–Trinajstić information content (AvgIpc) is 3.12. The van der Waals surface area contributed by atoms with Crippen LogP contribution in [-0.4, -0.2) is 26.8 Å². The van der Waals surface area contributed by atoms with Gasteiger partial charge in [-0.15, -0.1) is 0 Å². The summed E-state index contributed by atoms with van der Waals surface area (Å²) in [7, 11) is -3.27. The van der Waals surface area contributed by atoms with Crippen LogP contribution in [0.3, 0.4) is 0 Å². The average molecular weight is 347 g/mol. The summed E-state index contributed by atoms with van der Waals surface area (Å²) >= 11 is 3.37. The molecule has 1 aliphatic rings. The molecule has 0 bridgehead atoms. The summed E-state index contributed by atoms with van der Waals surface area (Å²) in [5.74, 6) is 0.146. The summed E-state index contributed by atoms with van der Waals surface area (Å²) in [6.07, 6.45) is 3.08. The van der Waals surface area contributed by atoms with E-state index in [4.69, 9.17) is 0 Å². The minimum absolute atomic E-state index is 0.146. The Morgan fingerprint density at radius 2 is 2.11 bits per heavy atom. The molecule has 1 aliphatic carbocycles. The first-order valence-electron chi connectivity index (χ1n) is 6.46. The molecule has 106 valence electrons. The summed E-state index contributed by atoms with van der Waals surface area (Å²) in [4.78, 5) is 0. The van der Waals surface area contributed by atoms with Crippen molar-refractivity contribution in [3.05, 3.63) is 28.2 Å². The summed E-state index contributed by atoms with van der Waals surface area (Å²) in [6, 6.07) is 6.19. The third-order valence-electron chi connectivity index (χ3n) is 2.99. The van der Waals surface area contributed by atoms with Gasteiger partial charge in [-0.25, -0.2) is 8.42 Å². The fourth-order valence-corrected chi connectivity index (χ4v) is 3.64. The highest BCUT2D eigenvalue weighted by Gasteiger charge is 2.20. The Bertz CT molecular complexity index is 542. The number of hydrogen-bond donors (Lipinski definition) is 2. The molecule has 0 aromatic heterocycles. The van der Waals surface area contributed by atoms with Gasteiger partial charge in [0.2, 0.25) is 10.0 Å². The monoisotopic (exact) mass is 346 g/mol. The molecule has 1 saturated carbocycles. The SMILES string of the molecule is Cc1ccc(NS(=O)(=O)CCCNC2CC2)c(Br)c1. The molecule has 0 heterocycles. The summed E-state index contributed by atoms with van der Waals surface area (Å²) < 4.78 is 27.3. The maximum absolute atomic E-state index is 11.9. The summed E-state index contributed by atoms with van der Waals surface area (Å²) in [5, 5.41) is 3.31. The van der Waals surface area contributed by atoms with Gasteiger partial charge in [0, 0.05) is 10.5 Å². The third-order valence-corrected chi connectivity index (χ3v) is 5.00. The van der Waals surface area contributed by atoms with Gasteiger partial charge >= 0.3 is 0 Å². The number of sulfonamides is 1. The zero-order valence-corrected chi connectivity index (χ0v) is 13.4. The molecular formula is C13H19BrN2O2S. The van der Waals surface area contributed by atoms with Crippen LogP contribution in [0.1, 0.15) is 24.8 Å². The largest absolute Gasteiger partial charge is 0.314 e. The lowest BCUT2D eigenvalue weighted by Gasteiger charge is -2.10. The van der Waals surface area contributed by atoms with E-state index in [1.165, 1.54) is 12.8 Å². The van der Waals surface area contributed by atoms with Crippen LogP contribution >= 0.6 is 15.9 Å². The molecule has 0 amide bonds. The highest BCUT2D eigenvalue weighted by atomic mass is 79.9. The van der Waals surface area contributed by atoms with Crippen molar-refractivity contribution >= 4 is 31.6 Å². The maximum atomic E-state index is 11.9. The number of benzene rings is 1. The number of aryl methyl sites for hydroxylation is 1. The van der Waals surface area contributed by atoms with Gasteiger partial charge < -0.3 is 5.32 Å². The molecule has 1 fully saturated rings. The van der Waals surface area contributed by atoms with Crippen LogP contribution < -0.4 is 10.0 Å². The van der Waals surface area contributed by atoms with Gasteiger partial charge in [-0.2, -0.15) is 0 Å². The van der Waals surface area contributed by atoms with Crippen molar-refractivity contribution in [2.75, 3.05) is 17.0 Å². The molecule has 0 aliphatic heterocycles. The molecule has 1 aromatic carbocycles. The molecule has 0 spiro atoms. The Morgan fingerprint density at radius 1 is 1.37 bits per heavy atom. The highest BCUT2D eigenvalue weighted by Crippen LogP contribution is 2.24. The van der Waals surface area contributed by atoms with E-state index in [0.29, 0.717) is 18.2 Å². The van der Waals surface area contributed by atoms with Crippen LogP contribution in [-0.2, 0) is 10.0 Å². The van der Waals surface area contributed by atoms with E-state index in [-0.39, 0.29) is 5.75 Å². The van der Waals surface area contributed by atoms with Gasteiger partial charge in [-0.05, 0) is 66.4 Å². The van der Waals surface area contributed by atoms with Crippen molar-refractivity contribution in [3.8, 4) is 0 Å². The molecule has 1 aromatic rings. The van der Waals surface area contributed by atoms with Crippen molar-refractivity contribution < 1.29 is 8.42 Å². The Kier molecular flexibility index (Phi) is 4.86. The third kappa shape index (κ3) is 5.12. The van der Waals surface area contributed by atoms with Gasteiger partial charge in [0.15, 0.2) is 0 Å². The van der Waals surface area contributed by atoms with E-state index in [2.05, 4.69) is 26.0 Å². The zero-order valence-electron chi connectivity index (χ0n) is 10.9. The normalized spacial score (nSPS) is 15.5. The van der Waals surface area contributed by atoms with E-state index >= 15 is 0 Å². The predicted octanol–water partition coefficient (Wildman–Crippen LogP) is 2.64. The van der Waals surface area contributed by atoms with E-state index in [0.717, 1.165) is 16.6 Å². The second kappa shape index (κ2) is 6.24. The number of rotatable bonds is 7. The topological polar surface area (TPSA) is 58.2 Å². The molecule has 0 atom stereocenters. The van der Waals surface area contributed by atoms with Gasteiger partial charge in [0.1, 0.15) is 0 Å². The number of hydrogen-bond acceptors (Lipinski definition) is 3. The Balaban J connectivity index is 1.84. The van der Waals surface area contributed by atoms with E-state index < -0.39 is 10.0 Å². The molecule has 2 rings (SSSR count). The Morgan fingerprint density at radius 3 is 2.74 bits per heavy atom. The second-order valence-corrected chi connectivity index (χ2v) is 7.68. The van der Waals surface area contributed by atoms with Crippen molar-refractivity contribution in [2.45, 2.75) is 32.2 Å². The molecule has 19 heavy (non-hydrogen) atoms. The van der Waals surface area contributed by atoms with Gasteiger partial charge in [-0.1, -0.05) is 6.07 Å². The van der Waals surface area contributed by atoms with Crippen LogP contribution in [0.2, 0.25) is 0 Å².